The molecule has 0 unspecified atom stereocenters. The molecule has 0 spiro atoms. The Morgan fingerprint density at radius 1 is 1.40 bits per heavy atom. The monoisotopic (exact) mass is 281 g/mol. The van der Waals surface area contributed by atoms with Crippen LogP contribution >= 0.6 is 0 Å². The zero-order valence-corrected chi connectivity index (χ0v) is 12.6. The predicted molar refractivity (Wildman–Crippen MR) is 77.6 cm³/mol. The molecular weight excluding hydrogens is 258 g/mol. The van der Waals surface area contributed by atoms with Crippen LogP contribution in [-0.2, 0) is 9.47 Å². The van der Waals surface area contributed by atoms with Gasteiger partial charge in [-0.15, -0.1) is 0 Å². The van der Waals surface area contributed by atoms with Crippen molar-refractivity contribution in [3.63, 3.8) is 0 Å². The van der Waals surface area contributed by atoms with Crippen LogP contribution in [0.1, 0.15) is 30.2 Å². The smallest absolute Gasteiger partial charge is 0.373 e. The summed E-state index contributed by atoms with van der Waals surface area (Å²) in [5.41, 5.74) is 1.20. The molecule has 0 aliphatic heterocycles. The number of hydrogen-bond acceptors (Lipinski definition) is 5. The summed E-state index contributed by atoms with van der Waals surface area (Å²) in [4.78, 5) is 11.3. The fourth-order valence-corrected chi connectivity index (χ4v) is 1.65. The number of ether oxygens (including phenoxy) is 2. The molecule has 0 aromatic carbocycles. The van der Waals surface area contributed by atoms with Gasteiger partial charge in [-0.25, -0.2) is 4.79 Å². The summed E-state index contributed by atoms with van der Waals surface area (Å²) in [6, 6.07) is 3.39. The quantitative estimate of drug-likeness (QED) is 0.585. The first-order valence-electron chi connectivity index (χ1n) is 6.66. The number of furan rings is 1. The van der Waals surface area contributed by atoms with Gasteiger partial charge in [-0.05, 0) is 24.1 Å². The molecule has 1 heterocycles. The van der Waals surface area contributed by atoms with E-state index in [2.05, 4.69) is 23.9 Å². The maximum Gasteiger partial charge on any atom is 0.373 e. The molecule has 1 rings (SSSR count). The minimum absolute atomic E-state index is 0.217. The Labute approximate surface area is 119 Å². The second kappa shape index (κ2) is 8.55. The average molecular weight is 281 g/mol. The number of carbonyl (C=O) groups is 1. The topological polar surface area (TPSA) is 60.7 Å². The van der Waals surface area contributed by atoms with Crippen molar-refractivity contribution in [2.45, 2.75) is 13.8 Å². The molecule has 112 valence electrons. The first-order chi connectivity index (χ1) is 9.58. The Balaban J connectivity index is 2.70. The highest BCUT2D eigenvalue weighted by molar-refractivity contribution is 5.86. The van der Waals surface area contributed by atoms with Crippen LogP contribution in [0.2, 0.25) is 0 Å². The van der Waals surface area contributed by atoms with Gasteiger partial charge in [0.15, 0.2) is 0 Å². The van der Waals surface area contributed by atoms with Gasteiger partial charge in [-0.2, -0.15) is 0 Å². The van der Waals surface area contributed by atoms with E-state index in [-0.39, 0.29) is 5.76 Å². The van der Waals surface area contributed by atoms with E-state index in [1.165, 1.54) is 12.7 Å². The Bertz CT molecular complexity index is 448. The van der Waals surface area contributed by atoms with Crippen molar-refractivity contribution < 1.29 is 18.7 Å². The lowest BCUT2D eigenvalue weighted by molar-refractivity contribution is 0.0564. The summed E-state index contributed by atoms with van der Waals surface area (Å²) in [5.74, 6) is 0.794. The van der Waals surface area contributed by atoms with E-state index >= 15 is 0 Å². The number of nitrogens with one attached hydrogen (secondary N) is 1. The normalized spacial score (nSPS) is 11.9. The van der Waals surface area contributed by atoms with Gasteiger partial charge in [0, 0.05) is 20.2 Å². The average Bonchev–Trinajstić information content (AvgIpc) is 2.89. The lowest BCUT2D eigenvalue weighted by Gasteiger charge is -2.12. The van der Waals surface area contributed by atoms with Crippen LogP contribution in [0.25, 0.3) is 6.08 Å². The molecule has 0 saturated heterocycles. The SMILES string of the molecule is COCCNCC(=Cc1ccc(C(=O)OC)o1)C(C)C. The zero-order chi connectivity index (χ0) is 15.0. The Hall–Kier alpha value is -1.59. The Morgan fingerprint density at radius 3 is 2.75 bits per heavy atom. The molecule has 0 aliphatic carbocycles. The third-order valence-electron chi connectivity index (χ3n) is 2.89. The van der Waals surface area contributed by atoms with Crippen molar-refractivity contribution in [1.82, 2.24) is 5.32 Å². The first kappa shape index (κ1) is 16.5. The van der Waals surface area contributed by atoms with Crippen LogP contribution in [0, 0.1) is 5.92 Å². The summed E-state index contributed by atoms with van der Waals surface area (Å²) in [6.07, 6.45) is 1.96. The predicted octanol–water partition coefficient (Wildman–Crippen LogP) is 2.34. The standard InChI is InChI=1S/C15H23NO4/c1-11(2)12(10-16-7-8-18-3)9-13-5-6-14(20-13)15(17)19-4/h5-6,9,11,16H,7-8,10H2,1-4H3. The second-order valence-corrected chi connectivity index (χ2v) is 4.74. The van der Waals surface area contributed by atoms with Gasteiger partial charge in [0.1, 0.15) is 5.76 Å². The van der Waals surface area contributed by atoms with Crippen LogP contribution < -0.4 is 5.32 Å². The molecular formula is C15H23NO4. The largest absolute Gasteiger partial charge is 0.463 e. The van der Waals surface area contributed by atoms with Gasteiger partial charge in [0.25, 0.3) is 0 Å². The summed E-state index contributed by atoms with van der Waals surface area (Å²) in [7, 11) is 3.01. The fourth-order valence-electron chi connectivity index (χ4n) is 1.65. The van der Waals surface area contributed by atoms with Crippen molar-refractivity contribution in [2.75, 3.05) is 33.9 Å². The molecule has 0 bridgehead atoms. The molecule has 0 atom stereocenters. The summed E-state index contributed by atoms with van der Waals surface area (Å²) in [6.45, 7) is 6.47. The molecule has 1 aromatic rings. The highest BCUT2D eigenvalue weighted by Gasteiger charge is 2.11. The van der Waals surface area contributed by atoms with Gasteiger partial charge in [0.05, 0.1) is 13.7 Å². The third kappa shape index (κ3) is 5.19. The molecule has 5 heteroatoms. The van der Waals surface area contributed by atoms with Gasteiger partial charge < -0.3 is 19.2 Å². The molecule has 1 N–H and O–H groups in total. The number of esters is 1. The molecule has 0 saturated carbocycles. The zero-order valence-electron chi connectivity index (χ0n) is 12.6. The van der Waals surface area contributed by atoms with Gasteiger partial charge >= 0.3 is 5.97 Å². The number of rotatable bonds is 8. The van der Waals surface area contributed by atoms with E-state index in [9.17, 15) is 4.79 Å². The maximum atomic E-state index is 11.3. The van der Waals surface area contributed by atoms with Gasteiger partial charge in [0.2, 0.25) is 5.76 Å². The van der Waals surface area contributed by atoms with Crippen LogP contribution in [0.4, 0.5) is 0 Å². The van der Waals surface area contributed by atoms with Gasteiger partial charge in [-0.1, -0.05) is 19.4 Å². The van der Waals surface area contributed by atoms with Crippen LogP contribution in [0.5, 0.6) is 0 Å². The summed E-state index contributed by atoms with van der Waals surface area (Å²) < 4.78 is 15.0. The van der Waals surface area contributed by atoms with Crippen molar-refractivity contribution >= 4 is 12.0 Å². The van der Waals surface area contributed by atoms with Crippen molar-refractivity contribution in [2.24, 2.45) is 5.92 Å². The van der Waals surface area contributed by atoms with E-state index in [1.54, 1.807) is 19.2 Å². The molecule has 0 fully saturated rings. The van der Waals surface area contributed by atoms with E-state index in [1.807, 2.05) is 6.08 Å². The minimum atomic E-state index is -0.464. The van der Waals surface area contributed by atoms with Gasteiger partial charge in [-0.3, -0.25) is 0 Å². The minimum Gasteiger partial charge on any atom is -0.463 e. The first-order valence-corrected chi connectivity index (χ1v) is 6.66. The van der Waals surface area contributed by atoms with Crippen molar-refractivity contribution in [3.8, 4) is 0 Å². The lowest BCUT2D eigenvalue weighted by atomic mass is 10.0. The van der Waals surface area contributed by atoms with E-state index in [0.717, 1.165) is 13.1 Å². The van der Waals surface area contributed by atoms with E-state index in [0.29, 0.717) is 18.3 Å². The summed E-state index contributed by atoms with van der Waals surface area (Å²) >= 11 is 0. The van der Waals surface area contributed by atoms with Crippen LogP contribution in [0.3, 0.4) is 0 Å². The van der Waals surface area contributed by atoms with E-state index < -0.39 is 5.97 Å². The molecule has 0 amide bonds. The number of methoxy groups -OCH3 is 2. The van der Waals surface area contributed by atoms with Crippen LogP contribution in [0.15, 0.2) is 22.1 Å². The van der Waals surface area contributed by atoms with E-state index in [4.69, 9.17) is 9.15 Å². The third-order valence-corrected chi connectivity index (χ3v) is 2.89. The van der Waals surface area contributed by atoms with Crippen molar-refractivity contribution in [3.05, 3.63) is 29.2 Å². The van der Waals surface area contributed by atoms with Crippen molar-refractivity contribution in [1.29, 1.82) is 0 Å². The molecule has 1 aromatic heterocycles. The van der Waals surface area contributed by atoms with Crippen LogP contribution in [-0.4, -0.2) is 39.9 Å². The number of carbonyl (C=O) groups excluding carboxylic acids is 1. The summed E-state index contributed by atoms with van der Waals surface area (Å²) in [5, 5.41) is 3.30. The lowest BCUT2D eigenvalue weighted by Crippen LogP contribution is -2.23. The fraction of sp³-hybridized carbons (Fsp3) is 0.533. The number of hydrogen-bond donors (Lipinski definition) is 1. The Morgan fingerprint density at radius 2 is 2.15 bits per heavy atom. The molecule has 0 aliphatic rings. The highest BCUT2D eigenvalue weighted by Crippen LogP contribution is 2.17. The second-order valence-electron chi connectivity index (χ2n) is 4.74. The molecule has 5 nitrogen and oxygen atoms in total. The highest BCUT2D eigenvalue weighted by atomic mass is 16.5. The molecule has 20 heavy (non-hydrogen) atoms. The Kier molecular flexibility index (Phi) is 7.04. The molecule has 0 radical (unpaired) electrons. The maximum absolute atomic E-state index is 11.3.